The van der Waals surface area contributed by atoms with E-state index < -0.39 is 12.1 Å². The smallest absolute Gasteiger partial charge is 0.339 e. The highest BCUT2D eigenvalue weighted by Gasteiger charge is 2.30. The maximum atomic E-state index is 12.4. The van der Waals surface area contributed by atoms with Crippen LogP contribution in [0.5, 0.6) is 0 Å². The van der Waals surface area contributed by atoms with E-state index in [1.165, 1.54) is 0 Å². The maximum Gasteiger partial charge on any atom is 0.339 e. The second-order valence-electron chi connectivity index (χ2n) is 6.25. The number of hydrogen-bond acceptors (Lipinski definition) is 4. The van der Waals surface area contributed by atoms with Gasteiger partial charge in [0.05, 0.1) is 12.1 Å². The molecule has 2 aromatic carbocycles. The minimum Gasteiger partial charge on any atom is -0.459 e. The van der Waals surface area contributed by atoms with Gasteiger partial charge in [0.25, 0.3) is 5.91 Å². The van der Waals surface area contributed by atoms with Crippen LogP contribution < -0.4 is 5.32 Å². The number of halogens is 1. The fourth-order valence-electron chi connectivity index (χ4n) is 3.01. The lowest BCUT2D eigenvalue weighted by molar-refractivity contribution is -0.130. The molecule has 0 spiro atoms. The van der Waals surface area contributed by atoms with Gasteiger partial charge in [-0.25, -0.2) is 4.79 Å². The molecule has 6 heteroatoms. The molecule has 2 heterocycles. The minimum absolute atomic E-state index is 0.210. The number of esters is 1. The van der Waals surface area contributed by atoms with Crippen molar-refractivity contribution < 1.29 is 18.7 Å². The van der Waals surface area contributed by atoms with Crippen LogP contribution in [0.25, 0.3) is 11.3 Å². The normalized spacial score (nSPS) is 15.7. The van der Waals surface area contributed by atoms with E-state index in [1.807, 2.05) is 30.3 Å². The van der Waals surface area contributed by atoms with Crippen LogP contribution in [-0.2, 0) is 22.5 Å². The first-order valence-electron chi connectivity index (χ1n) is 8.51. The zero-order chi connectivity index (χ0) is 18.8. The standard InChI is InChI=1S/C21H16ClNO4/c22-15-7-5-13(6-8-15)18-10-9-16(26-18)12-23-20(24)19-11-14-3-1-2-4-17(14)21(25)27-19/h1-10,19H,11-12H2,(H,23,24)/t19-/m1/s1. The topological polar surface area (TPSA) is 68.5 Å². The molecule has 0 unspecified atom stereocenters. The van der Waals surface area contributed by atoms with Crippen molar-refractivity contribution in [3.05, 3.63) is 82.6 Å². The lowest BCUT2D eigenvalue weighted by atomic mass is 9.98. The highest BCUT2D eigenvalue weighted by atomic mass is 35.5. The van der Waals surface area contributed by atoms with Gasteiger partial charge < -0.3 is 14.5 Å². The molecule has 1 N–H and O–H groups in total. The lowest BCUT2D eigenvalue weighted by Gasteiger charge is -2.23. The third-order valence-corrected chi connectivity index (χ3v) is 4.66. The highest BCUT2D eigenvalue weighted by Crippen LogP contribution is 2.24. The summed E-state index contributed by atoms with van der Waals surface area (Å²) in [6.07, 6.45) is -0.472. The largest absolute Gasteiger partial charge is 0.459 e. The summed E-state index contributed by atoms with van der Waals surface area (Å²) in [6.45, 7) is 0.210. The van der Waals surface area contributed by atoms with Gasteiger partial charge in [0.1, 0.15) is 11.5 Å². The summed E-state index contributed by atoms with van der Waals surface area (Å²) in [5, 5.41) is 3.42. The van der Waals surface area contributed by atoms with Crippen LogP contribution in [0.4, 0.5) is 0 Å². The molecule has 1 atom stereocenters. The Morgan fingerprint density at radius 2 is 1.85 bits per heavy atom. The Morgan fingerprint density at radius 1 is 1.07 bits per heavy atom. The van der Waals surface area contributed by atoms with Gasteiger partial charge in [0.15, 0.2) is 6.10 Å². The van der Waals surface area contributed by atoms with E-state index in [0.717, 1.165) is 11.1 Å². The van der Waals surface area contributed by atoms with E-state index in [0.29, 0.717) is 28.5 Å². The van der Waals surface area contributed by atoms with Crippen LogP contribution in [0, 0.1) is 0 Å². The summed E-state index contributed by atoms with van der Waals surface area (Å²) >= 11 is 5.89. The average molecular weight is 382 g/mol. The zero-order valence-corrected chi connectivity index (χ0v) is 15.0. The fourth-order valence-corrected chi connectivity index (χ4v) is 3.13. The Morgan fingerprint density at radius 3 is 2.67 bits per heavy atom. The van der Waals surface area contributed by atoms with Gasteiger partial charge in [-0.15, -0.1) is 0 Å². The number of rotatable bonds is 4. The summed E-state index contributed by atoms with van der Waals surface area (Å²) in [5.74, 6) is 0.479. The molecule has 27 heavy (non-hydrogen) atoms. The van der Waals surface area contributed by atoms with Gasteiger partial charge in [-0.3, -0.25) is 4.79 Å². The molecule has 0 bridgehead atoms. The van der Waals surface area contributed by atoms with Crippen LogP contribution in [0.15, 0.2) is 65.1 Å². The second kappa shape index (κ2) is 7.29. The van der Waals surface area contributed by atoms with E-state index in [9.17, 15) is 9.59 Å². The number of fused-ring (bicyclic) bond motifs is 1. The van der Waals surface area contributed by atoms with Gasteiger partial charge in [0.2, 0.25) is 0 Å². The number of cyclic esters (lactones) is 1. The van der Waals surface area contributed by atoms with Crippen LogP contribution in [0.3, 0.4) is 0 Å². The molecule has 3 aromatic rings. The summed E-state index contributed by atoms with van der Waals surface area (Å²) in [6, 6.07) is 18.1. The van der Waals surface area contributed by atoms with E-state index in [4.69, 9.17) is 20.8 Å². The number of hydrogen-bond donors (Lipinski definition) is 1. The first kappa shape index (κ1) is 17.4. The van der Waals surface area contributed by atoms with Gasteiger partial charge in [-0.2, -0.15) is 0 Å². The number of nitrogens with one attached hydrogen (secondary N) is 1. The van der Waals surface area contributed by atoms with Gasteiger partial charge in [-0.1, -0.05) is 29.8 Å². The number of carbonyl (C=O) groups excluding carboxylic acids is 2. The van der Waals surface area contributed by atoms with Crippen LogP contribution in [-0.4, -0.2) is 18.0 Å². The second-order valence-corrected chi connectivity index (χ2v) is 6.68. The van der Waals surface area contributed by atoms with Crippen LogP contribution in [0.2, 0.25) is 5.02 Å². The number of benzene rings is 2. The maximum absolute atomic E-state index is 12.4. The SMILES string of the molecule is O=C1O[C@@H](C(=O)NCc2ccc(-c3ccc(Cl)cc3)o2)Cc2ccccc21. The molecule has 0 aliphatic carbocycles. The molecule has 1 aliphatic rings. The molecule has 1 aromatic heterocycles. The Hall–Kier alpha value is -3.05. The Labute approximate surface area is 160 Å². The fraction of sp³-hybridized carbons (Fsp3) is 0.143. The number of amides is 1. The van der Waals surface area contributed by atoms with Crippen molar-refractivity contribution in [1.29, 1.82) is 0 Å². The van der Waals surface area contributed by atoms with Crippen molar-refractivity contribution in [2.45, 2.75) is 19.1 Å². The summed E-state index contributed by atoms with van der Waals surface area (Å²) < 4.78 is 11.0. The first-order chi connectivity index (χ1) is 13.1. The Balaban J connectivity index is 1.39. The molecule has 1 amide bonds. The predicted octanol–water partition coefficient (Wildman–Crippen LogP) is 4.00. The molecule has 5 nitrogen and oxygen atoms in total. The quantitative estimate of drug-likeness (QED) is 0.693. The summed E-state index contributed by atoms with van der Waals surface area (Å²) in [4.78, 5) is 24.4. The monoisotopic (exact) mass is 381 g/mol. The third kappa shape index (κ3) is 3.73. The van der Waals surface area contributed by atoms with Crippen molar-refractivity contribution in [1.82, 2.24) is 5.32 Å². The van der Waals surface area contributed by atoms with Crippen molar-refractivity contribution in [2.24, 2.45) is 0 Å². The molecule has 136 valence electrons. The van der Waals surface area contributed by atoms with Crippen molar-refractivity contribution in [3.8, 4) is 11.3 Å². The molecular formula is C21H16ClNO4. The molecule has 4 rings (SSSR count). The van der Waals surface area contributed by atoms with Gasteiger partial charge in [-0.05, 0) is 48.0 Å². The van der Waals surface area contributed by atoms with Crippen LogP contribution >= 0.6 is 11.6 Å². The predicted molar refractivity (Wildman–Crippen MR) is 100 cm³/mol. The highest BCUT2D eigenvalue weighted by molar-refractivity contribution is 6.30. The molecule has 1 aliphatic heterocycles. The zero-order valence-electron chi connectivity index (χ0n) is 14.3. The van der Waals surface area contributed by atoms with E-state index in [2.05, 4.69) is 5.32 Å². The van der Waals surface area contributed by atoms with Crippen molar-refractivity contribution in [2.75, 3.05) is 0 Å². The molecular weight excluding hydrogens is 366 g/mol. The Bertz CT molecular complexity index is 993. The molecule has 0 saturated heterocycles. The van der Waals surface area contributed by atoms with Gasteiger partial charge >= 0.3 is 5.97 Å². The van der Waals surface area contributed by atoms with Gasteiger partial charge in [0, 0.05) is 17.0 Å². The average Bonchev–Trinajstić information content (AvgIpc) is 3.15. The van der Waals surface area contributed by atoms with Crippen molar-refractivity contribution in [3.63, 3.8) is 0 Å². The first-order valence-corrected chi connectivity index (χ1v) is 8.89. The van der Waals surface area contributed by atoms with E-state index in [1.54, 1.807) is 30.3 Å². The van der Waals surface area contributed by atoms with Crippen LogP contribution in [0.1, 0.15) is 21.7 Å². The number of carbonyl (C=O) groups is 2. The van der Waals surface area contributed by atoms with Crippen molar-refractivity contribution >= 4 is 23.5 Å². The summed E-state index contributed by atoms with van der Waals surface area (Å²) in [5.41, 5.74) is 2.23. The number of ether oxygens (including phenoxy) is 1. The third-order valence-electron chi connectivity index (χ3n) is 4.41. The van der Waals surface area contributed by atoms with E-state index >= 15 is 0 Å². The lowest BCUT2D eigenvalue weighted by Crippen LogP contribution is -2.41. The molecule has 0 saturated carbocycles. The summed E-state index contributed by atoms with van der Waals surface area (Å²) in [7, 11) is 0. The minimum atomic E-state index is -0.835. The Kier molecular flexibility index (Phi) is 4.69. The molecule has 0 fully saturated rings. The van der Waals surface area contributed by atoms with E-state index in [-0.39, 0.29) is 12.5 Å². The molecule has 0 radical (unpaired) electrons. The number of furan rings is 1.